The highest BCUT2D eigenvalue weighted by molar-refractivity contribution is 5.95. The van der Waals surface area contributed by atoms with Gasteiger partial charge in [-0.15, -0.1) is 0 Å². The van der Waals surface area contributed by atoms with E-state index in [-0.39, 0.29) is 17.2 Å². The second kappa shape index (κ2) is 14.0. The van der Waals surface area contributed by atoms with Crippen LogP contribution >= 0.6 is 0 Å². The van der Waals surface area contributed by atoms with Crippen LogP contribution in [0.5, 0.6) is 5.75 Å². The molecule has 0 aliphatic rings. The zero-order valence-electron chi connectivity index (χ0n) is 24.2. The van der Waals surface area contributed by atoms with Crippen LogP contribution in [-0.4, -0.2) is 29.5 Å². The molecule has 2 N–H and O–H groups in total. The fraction of sp³-hybridized carbons (Fsp3) is 0.212. The maximum atomic E-state index is 15.1. The molecule has 0 aliphatic heterocycles. The molecule has 15 heteroatoms. The number of rotatable bonds is 12. The van der Waals surface area contributed by atoms with Crippen molar-refractivity contribution in [3.8, 4) is 5.75 Å². The summed E-state index contributed by atoms with van der Waals surface area (Å²) in [5.74, 6) is -7.74. The summed E-state index contributed by atoms with van der Waals surface area (Å²) in [6, 6.07) is 13.6. The monoisotopic (exact) mass is 687 g/mol. The molecule has 0 saturated carbocycles. The second-order valence-corrected chi connectivity index (χ2v) is 10.6. The van der Waals surface area contributed by atoms with Crippen LogP contribution in [0.2, 0.25) is 0 Å². The number of amides is 1. The lowest BCUT2D eigenvalue weighted by Crippen LogP contribution is -2.49. The molecule has 4 aromatic rings. The van der Waals surface area contributed by atoms with E-state index < -0.39 is 95.3 Å². The van der Waals surface area contributed by atoms with Crippen molar-refractivity contribution in [2.45, 2.75) is 43.5 Å². The number of ether oxygens (including phenoxy) is 1. The Bertz CT molecular complexity index is 1800. The van der Waals surface area contributed by atoms with Crippen LogP contribution in [0.4, 0.5) is 43.9 Å². The first kappa shape index (κ1) is 35.8. The summed E-state index contributed by atoms with van der Waals surface area (Å²) in [6.07, 6.45) is -16.1. The molecule has 0 spiro atoms. The van der Waals surface area contributed by atoms with Crippen LogP contribution in [0.25, 0.3) is 0 Å². The van der Waals surface area contributed by atoms with E-state index in [4.69, 9.17) is 5.11 Å². The largest absolute Gasteiger partial charge is 0.481 e. The summed E-state index contributed by atoms with van der Waals surface area (Å²) in [6.45, 7) is 0. The summed E-state index contributed by atoms with van der Waals surface area (Å²) >= 11 is 0. The maximum Gasteiger partial charge on any atom is 0.461 e. The van der Waals surface area contributed by atoms with Gasteiger partial charge in [-0.2, -0.15) is 30.7 Å². The summed E-state index contributed by atoms with van der Waals surface area (Å²) in [7, 11) is 0. The third-order valence-corrected chi connectivity index (χ3v) is 7.19. The van der Waals surface area contributed by atoms with E-state index in [1.165, 1.54) is 24.3 Å². The van der Waals surface area contributed by atoms with E-state index in [9.17, 15) is 49.1 Å². The second-order valence-electron chi connectivity index (χ2n) is 10.6. The molecule has 254 valence electrons. The number of nitrogens with one attached hydrogen (secondary N) is 1. The van der Waals surface area contributed by atoms with Gasteiger partial charge in [-0.3, -0.25) is 9.59 Å². The van der Waals surface area contributed by atoms with Gasteiger partial charge in [0.25, 0.3) is 5.91 Å². The number of hydrogen-bond donors (Lipinski definition) is 2. The minimum Gasteiger partial charge on any atom is -0.481 e. The van der Waals surface area contributed by atoms with Crippen LogP contribution in [0.1, 0.15) is 44.6 Å². The van der Waals surface area contributed by atoms with Gasteiger partial charge < -0.3 is 15.2 Å². The van der Waals surface area contributed by atoms with E-state index in [0.29, 0.717) is 35.9 Å². The Balaban J connectivity index is 2.02. The van der Waals surface area contributed by atoms with Crippen LogP contribution < -0.4 is 10.1 Å². The Hall–Kier alpha value is -5.08. The maximum absolute atomic E-state index is 15.1. The van der Waals surface area contributed by atoms with Gasteiger partial charge in [-0.1, -0.05) is 42.5 Å². The van der Waals surface area contributed by atoms with Crippen LogP contribution in [0.3, 0.4) is 0 Å². The normalized spacial score (nSPS) is 13.2. The summed E-state index contributed by atoms with van der Waals surface area (Å²) in [4.78, 5) is 25.0. The summed E-state index contributed by atoms with van der Waals surface area (Å²) in [5, 5.41) is 11.6. The van der Waals surface area contributed by atoms with Crippen molar-refractivity contribution < 1.29 is 63.3 Å². The average molecular weight is 688 g/mol. The number of carbonyl (C=O) groups excluding carboxylic acids is 1. The number of carboxylic acid groups (broad SMARTS) is 1. The van der Waals surface area contributed by atoms with Gasteiger partial charge in [0.15, 0.2) is 0 Å². The molecule has 0 radical (unpaired) electrons. The number of aliphatic carboxylic acids is 1. The van der Waals surface area contributed by atoms with Crippen LogP contribution in [-0.2, 0) is 29.4 Å². The molecule has 48 heavy (non-hydrogen) atoms. The third kappa shape index (κ3) is 8.25. The molecule has 0 aromatic heterocycles. The molecule has 0 fully saturated rings. The van der Waals surface area contributed by atoms with E-state index in [1.54, 1.807) is 6.07 Å². The number of hydrogen-bond acceptors (Lipinski definition) is 3. The van der Waals surface area contributed by atoms with E-state index in [2.05, 4.69) is 10.1 Å². The predicted octanol–water partition coefficient (Wildman–Crippen LogP) is 8.29. The molecule has 0 unspecified atom stereocenters. The highest BCUT2D eigenvalue weighted by Gasteiger charge is 2.45. The molecule has 5 nitrogen and oxygen atoms in total. The first-order valence-corrected chi connectivity index (χ1v) is 13.8. The number of halogens is 10. The zero-order chi connectivity index (χ0) is 35.4. The first-order chi connectivity index (χ1) is 22.4. The fourth-order valence-corrected chi connectivity index (χ4v) is 4.95. The van der Waals surface area contributed by atoms with Crippen molar-refractivity contribution in [2.75, 3.05) is 0 Å². The van der Waals surface area contributed by atoms with Gasteiger partial charge in [0.2, 0.25) is 0 Å². The van der Waals surface area contributed by atoms with Gasteiger partial charge in [0.05, 0.1) is 11.1 Å². The first-order valence-electron chi connectivity index (χ1n) is 13.8. The molecule has 4 aromatic carbocycles. The highest BCUT2D eigenvalue weighted by Crippen LogP contribution is 2.39. The molecule has 0 bridgehead atoms. The lowest BCUT2D eigenvalue weighted by Gasteiger charge is -2.37. The average Bonchev–Trinajstić information content (AvgIpc) is 2.99. The van der Waals surface area contributed by atoms with Gasteiger partial charge >= 0.3 is 24.7 Å². The number of benzene rings is 4. The predicted molar refractivity (Wildman–Crippen MR) is 150 cm³/mol. The van der Waals surface area contributed by atoms with E-state index >= 15 is 4.39 Å². The van der Waals surface area contributed by atoms with Gasteiger partial charge in [-0.05, 0) is 65.1 Å². The Morgan fingerprint density at radius 1 is 0.792 bits per heavy atom. The van der Waals surface area contributed by atoms with Gasteiger partial charge in [-0.25, -0.2) is 13.2 Å². The van der Waals surface area contributed by atoms with Crippen LogP contribution in [0.15, 0.2) is 84.9 Å². The van der Waals surface area contributed by atoms with Crippen molar-refractivity contribution in [1.29, 1.82) is 0 Å². The Morgan fingerprint density at radius 2 is 1.46 bits per heavy atom. The minimum absolute atomic E-state index is 0.156. The molecular formula is C33H23F10NO4. The molecule has 0 heterocycles. The van der Waals surface area contributed by atoms with Crippen LogP contribution in [0, 0.1) is 17.5 Å². The third-order valence-electron chi connectivity index (χ3n) is 7.19. The Kier molecular flexibility index (Phi) is 10.4. The molecule has 4 rings (SSSR count). The summed E-state index contributed by atoms with van der Waals surface area (Å²) < 4.78 is 143. The molecule has 0 saturated heterocycles. The lowest BCUT2D eigenvalue weighted by molar-refractivity contribution is -0.253. The fourth-order valence-electron chi connectivity index (χ4n) is 4.95. The van der Waals surface area contributed by atoms with Crippen molar-refractivity contribution in [3.05, 3.63) is 136 Å². The van der Waals surface area contributed by atoms with Crippen molar-refractivity contribution in [1.82, 2.24) is 5.32 Å². The number of carboxylic acids is 1. The molecule has 1 atom stereocenters. The summed E-state index contributed by atoms with van der Waals surface area (Å²) in [5.41, 5.74) is -5.35. The Labute approximate surface area is 265 Å². The van der Waals surface area contributed by atoms with Crippen molar-refractivity contribution >= 4 is 11.9 Å². The van der Waals surface area contributed by atoms with Gasteiger partial charge in [0, 0.05) is 24.5 Å². The number of alkyl halides is 7. The van der Waals surface area contributed by atoms with E-state index in [1.807, 2.05) is 0 Å². The standard InChI is InChI=1S/C33H23F10NO4/c34-23-14-22(15-24(16-23)48-33(42,43)30(37)38)31(17-18-4-2-1-3-5-18,21-8-10-26(35)19(12-21)7-11-28(45)46)44-29(47)20-6-9-27(36)25(13-20)32(39,40)41/h1-6,8-10,12-16,30H,7,11,17H2,(H,44,47)(H,45,46)/t31-/m1/s1. The van der Waals surface area contributed by atoms with Crippen molar-refractivity contribution in [2.24, 2.45) is 0 Å². The van der Waals surface area contributed by atoms with Gasteiger partial charge in [0.1, 0.15) is 23.2 Å². The van der Waals surface area contributed by atoms with Crippen molar-refractivity contribution in [3.63, 3.8) is 0 Å². The smallest absolute Gasteiger partial charge is 0.461 e. The Morgan fingerprint density at radius 3 is 2.08 bits per heavy atom. The van der Waals surface area contributed by atoms with E-state index in [0.717, 1.165) is 18.2 Å². The number of aryl methyl sites for hydroxylation is 1. The lowest BCUT2D eigenvalue weighted by atomic mass is 9.76. The highest BCUT2D eigenvalue weighted by atomic mass is 19.4. The molecule has 1 amide bonds. The number of carbonyl (C=O) groups is 2. The molecule has 0 aliphatic carbocycles. The molecular weight excluding hydrogens is 664 g/mol. The topological polar surface area (TPSA) is 75.6 Å². The zero-order valence-corrected chi connectivity index (χ0v) is 24.2. The SMILES string of the molecule is O=C(O)CCc1cc([C@@](Cc2ccccc2)(NC(=O)c2ccc(F)c(C(F)(F)F)c2)c2cc(F)cc(OC(F)(F)C(F)F)c2)ccc1F. The quantitative estimate of drug-likeness (QED) is 0.147. The minimum atomic E-state index is -5.23.